The SMILES string of the molecule is CSCC(C)CNC(=S)NC1CC1. The summed E-state index contributed by atoms with van der Waals surface area (Å²) in [5.74, 6) is 1.88. The highest BCUT2D eigenvalue weighted by Gasteiger charge is 2.21. The highest BCUT2D eigenvalue weighted by molar-refractivity contribution is 7.98. The number of thioether (sulfide) groups is 1. The average molecular weight is 218 g/mol. The Bertz CT molecular complexity index is 169. The van der Waals surface area contributed by atoms with Gasteiger partial charge in [0.25, 0.3) is 0 Å². The molecule has 1 rings (SSSR count). The lowest BCUT2D eigenvalue weighted by atomic mass is 10.2. The van der Waals surface area contributed by atoms with Crippen LogP contribution in [0.25, 0.3) is 0 Å². The van der Waals surface area contributed by atoms with Crippen LogP contribution in [0.5, 0.6) is 0 Å². The molecule has 0 bridgehead atoms. The maximum Gasteiger partial charge on any atom is 0.166 e. The Kier molecular flexibility index (Phi) is 4.88. The molecule has 0 heterocycles. The Balaban J connectivity index is 1.99. The summed E-state index contributed by atoms with van der Waals surface area (Å²) in [4.78, 5) is 0. The molecule has 0 radical (unpaired) electrons. The van der Waals surface area contributed by atoms with Crippen LogP contribution in [0.1, 0.15) is 19.8 Å². The van der Waals surface area contributed by atoms with Crippen LogP contribution in [0.3, 0.4) is 0 Å². The standard InChI is InChI=1S/C9H18N2S2/c1-7(6-13-2)5-10-9(12)11-8-3-4-8/h7-8H,3-6H2,1-2H3,(H2,10,11,12). The maximum atomic E-state index is 5.14. The number of hydrogen-bond acceptors (Lipinski definition) is 2. The first-order valence-corrected chi connectivity index (χ1v) is 6.56. The molecule has 1 aliphatic rings. The summed E-state index contributed by atoms with van der Waals surface area (Å²) in [6.07, 6.45) is 4.70. The highest BCUT2D eigenvalue weighted by atomic mass is 32.2. The predicted octanol–water partition coefficient (Wildman–Crippen LogP) is 1.61. The van der Waals surface area contributed by atoms with Gasteiger partial charge in [0.05, 0.1) is 0 Å². The molecule has 76 valence electrons. The Labute approximate surface area is 90.2 Å². The summed E-state index contributed by atoms with van der Waals surface area (Å²) in [5, 5.41) is 7.34. The second kappa shape index (κ2) is 5.70. The molecule has 0 aliphatic heterocycles. The molecule has 1 unspecified atom stereocenters. The van der Waals surface area contributed by atoms with Crippen LogP contribution in [-0.2, 0) is 0 Å². The molecule has 2 nitrogen and oxygen atoms in total. The first-order chi connectivity index (χ1) is 6.22. The maximum absolute atomic E-state index is 5.14. The van der Waals surface area contributed by atoms with Gasteiger partial charge in [-0.2, -0.15) is 11.8 Å². The fourth-order valence-electron chi connectivity index (χ4n) is 1.07. The summed E-state index contributed by atoms with van der Waals surface area (Å²) in [6, 6.07) is 0.663. The van der Waals surface area contributed by atoms with Crippen molar-refractivity contribution < 1.29 is 0 Å². The fraction of sp³-hybridized carbons (Fsp3) is 0.889. The van der Waals surface area contributed by atoms with Crippen molar-refractivity contribution in [1.82, 2.24) is 10.6 Å². The van der Waals surface area contributed by atoms with E-state index in [0.717, 1.165) is 11.7 Å². The van der Waals surface area contributed by atoms with E-state index in [4.69, 9.17) is 12.2 Å². The molecule has 0 amide bonds. The number of nitrogens with one attached hydrogen (secondary N) is 2. The largest absolute Gasteiger partial charge is 0.362 e. The minimum Gasteiger partial charge on any atom is -0.362 e. The van der Waals surface area contributed by atoms with Crippen molar-refractivity contribution in [2.45, 2.75) is 25.8 Å². The molecule has 4 heteroatoms. The lowest BCUT2D eigenvalue weighted by Gasteiger charge is -2.13. The molecule has 0 saturated heterocycles. The van der Waals surface area contributed by atoms with Gasteiger partial charge in [0.2, 0.25) is 0 Å². The molecule has 1 aliphatic carbocycles. The lowest BCUT2D eigenvalue weighted by Crippen LogP contribution is -2.39. The van der Waals surface area contributed by atoms with Crippen LogP contribution in [0.15, 0.2) is 0 Å². The van der Waals surface area contributed by atoms with Crippen LogP contribution >= 0.6 is 24.0 Å². The van der Waals surface area contributed by atoms with Crippen molar-refractivity contribution in [2.24, 2.45) is 5.92 Å². The molecule has 2 N–H and O–H groups in total. The average Bonchev–Trinajstić information content (AvgIpc) is 2.85. The van der Waals surface area contributed by atoms with Crippen molar-refractivity contribution in [2.75, 3.05) is 18.6 Å². The zero-order valence-corrected chi connectivity index (χ0v) is 9.93. The molecule has 0 aromatic carbocycles. The Morgan fingerprint density at radius 2 is 2.31 bits per heavy atom. The monoisotopic (exact) mass is 218 g/mol. The summed E-state index contributed by atoms with van der Waals surface area (Å²) in [6.45, 7) is 3.22. The van der Waals surface area contributed by atoms with Crippen LogP contribution in [0.4, 0.5) is 0 Å². The molecule has 13 heavy (non-hydrogen) atoms. The molecule has 0 spiro atoms. The smallest absolute Gasteiger partial charge is 0.166 e. The Morgan fingerprint density at radius 3 is 2.85 bits per heavy atom. The first-order valence-electron chi connectivity index (χ1n) is 4.75. The summed E-state index contributed by atoms with van der Waals surface area (Å²) in [7, 11) is 0. The third-order valence-corrected chi connectivity index (χ3v) is 3.14. The van der Waals surface area contributed by atoms with E-state index >= 15 is 0 Å². The van der Waals surface area contributed by atoms with E-state index in [0.29, 0.717) is 12.0 Å². The van der Waals surface area contributed by atoms with Gasteiger partial charge in [0.1, 0.15) is 0 Å². The quantitative estimate of drug-likeness (QED) is 0.685. The molecule has 1 fully saturated rings. The molecule has 0 aromatic rings. The van der Waals surface area contributed by atoms with Crippen LogP contribution < -0.4 is 10.6 Å². The minimum absolute atomic E-state index is 0.663. The van der Waals surface area contributed by atoms with Crippen LogP contribution in [0, 0.1) is 5.92 Å². The van der Waals surface area contributed by atoms with Gasteiger partial charge in [-0.25, -0.2) is 0 Å². The zero-order valence-electron chi connectivity index (χ0n) is 8.30. The van der Waals surface area contributed by atoms with Gasteiger partial charge >= 0.3 is 0 Å². The molecule has 1 saturated carbocycles. The zero-order chi connectivity index (χ0) is 9.68. The fourth-order valence-corrected chi connectivity index (χ4v) is 2.01. The van der Waals surface area contributed by atoms with E-state index in [9.17, 15) is 0 Å². The second-order valence-electron chi connectivity index (χ2n) is 3.69. The van der Waals surface area contributed by atoms with Gasteiger partial charge in [-0.1, -0.05) is 6.92 Å². The van der Waals surface area contributed by atoms with E-state index in [1.54, 1.807) is 0 Å². The normalized spacial score (nSPS) is 18.0. The summed E-state index contributed by atoms with van der Waals surface area (Å²) in [5.41, 5.74) is 0. The molecule has 0 aromatic heterocycles. The Hall–Kier alpha value is 0.0400. The second-order valence-corrected chi connectivity index (χ2v) is 5.01. The topological polar surface area (TPSA) is 24.1 Å². The van der Waals surface area contributed by atoms with Gasteiger partial charge in [0, 0.05) is 12.6 Å². The van der Waals surface area contributed by atoms with Crippen LogP contribution in [-0.4, -0.2) is 29.7 Å². The van der Waals surface area contributed by atoms with Gasteiger partial charge in [-0.3, -0.25) is 0 Å². The van der Waals surface area contributed by atoms with E-state index in [1.807, 2.05) is 11.8 Å². The third kappa shape index (κ3) is 5.37. The molecule has 1 atom stereocenters. The molecular weight excluding hydrogens is 200 g/mol. The van der Waals surface area contributed by atoms with Crippen molar-refractivity contribution >= 4 is 29.1 Å². The van der Waals surface area contributed by atoms with Crippen molar-refractivity contribution in [3.05, 3.63) is 0 Å². The van der Waals surface area contributed by atoms with E-state index < -0.39 is 0 Å². The number of rotatable bonds is 5. The first kappa shape index (κ1) is 11.1. The third-order valence-electron chi connectivity index (χ3n) is 1.97. The van der Waals surface area contributed by atoms with E-state index in [1.165, 1.54) is 18.6 Å². The summed E-state index contributed by atoms with van der Waals surface area (Å²) < 4.78 is 0. The van der Waals surface area contributed by atoms with Gasteiger partial charge in [0.15, 0.2) is 5.11 Å². The highest BCUT2D eigenvalue weighted by Crippen LogP contribution is 2.18. The van der Waals surface area contributed by atoms with E-state index in [-0.39, 0.29) is 0 Å². The Morgan fingerprint density at radius 1 is 1.62 bits per heavy atom. The minimum atomic E-state index is 0.663. The van der Waals surface area contributed by atoms with Gasteiger partial charge < -0.3 is 10.6 Å². The van der Waals surface area contributed by atoms with Crippen LogP contribution in [0.2, 0.25) is 0 Å². The lowest BCUT2D eigenvalue weighted by molar-refractivity contribution is 0.629. The summed E-state index contributed by atoms with van der Waals surface area (Å²) >= 11 is 7.03. The number of thiocarbonyl (C=S) groups is 1. The van der Waals surface area contributed by atoms with Gasteiger partial charge in [-0.05, 0) is 43.0 Å². The van der Waals surface area contributed by atoms with Crippen molar-refractivity contribution in [3.63, 3.8) is 0 Å². The number of hydrogen-bond donors (Lipinski definition) is 2. The van der Waals surface area contributed by atoms with E-state index in [2.05, 4.69) is 23.8 Å². The molecular formula is C9H18N2S2. The van der Waals surface area contributed by atoms with Gasteiger partial charge in [-0.15, -0.1) is 0 Å². The predicted molar refractivity (Wildman–Crippen MR) is 64.3 cm³/mol. The van der Waals surface area contributed by atoms with Crippen molar-refractivity contribution in [1.29, 1.82) is 0 Å². The van der Waals surface area contributed by atoms with Crippen molar-refractivity contribution in [3.8, 4) is 0 Å².